The van der Waals surface area contributed by atoms with Crippen molar-refractivity contribution in [2.75, 3.05) is 0 Å². The molecule has 4 aromatic rings. The maximum atomic E-state index is 12.3. The van der Waals surface area contributed by atoms with E-state index in [4.69, 9.17) is 4.74 Å². The monoisotopic (exact) mass is 393 g/mol. The zero-order valence-electron chi connectivity index (χ0n) is 14.8. The predicted molar refractivity (Wildman–Crippen MR) is 105 cm³/mol. The Labute approximate surface area is 163 Å². The summed E-state index contributed by atoms with van der Waals surface area (Å²) in [6, 6.07) is 15.2. The Hall–Kier alpha value is -3.52. The number of benzene rings is 2. The van der Waals surface area contributed by atoms with Crippen LogP contribution in [0.2, 0.25) is 0 Å². The molecule has 0 aliphatic heterocycles. The van der Waals surface area contributed by atoms with E-state index in [0.717, 1.165) is 11.1 Å². The van der Waals surface area contributed by atoms with Crippen molar-refractivity contribution >= 4 is 22.3 Å². The van der Waals surface area contributed by atoms with Gasteiger partial charge in [0.15, 0.2) is 5.01 Å². The second-order valence-corrected chi connectivity index (χ2v) is 7.17. The lowest BCUT2D eigenvalue weighted by Crippen LogP contribution is -2.14. The standard InChI is InChI=1S/C20H15N3O4S/c1-12-10-18(25)23-20(21-12)28-17(22-23)11-27-19(26)15-4-2-13(3-5-15)14-6-8-16(24)9-7-14/h2-10,24H,11H2,1H3. The molecule has 0 saturated heterocycles. The molecule has 8 heteroatoms. The summed E-state index contributed by atoms with van der Waals surface area (Å²) in [5.74, 6) is -0.278. The fourth-order valence-electron chi connectivity index (χ4n) is 2.68. The molecule has 140 valence electrons. The lowest BCUT2D eigenvalue weighted by molar-refractivity contribution is 0.0471. The SMILES string of the molecule is Cc1cc(=O)n2nc(COC(=O)c3ccc(-c4ccc(O)cc4)cc3)sc2n1. The van der Waals surface area contributed by atoms with Crippen LogP contribution in [0.3, 0.4) is 0 Å². The van der Waals surface area contributed by atoms with Crippen molar-refractivity contribution in [3.63, 3.8) is 0 Å². The summed E-state index contributed by atoms with van der Waals surface area (Å²) >= 11 is 1.21. The smallest absolute Gasteiger partial charge is 0.338 e. The number of nitrogens with zero attached hydrogens (tertiary/aromatic N) is 3. The molecule has 0 aliphatic carbocycles. The molecule has 0 fully saturated rings. The second kappa shape index (κ2) is 7.24. The molecule has 7 nitrogen and oxygen atoms in total. The summed E-state index contributed by atoms with van der Waals surface area (Å²) in [7, 11) is 0. The topological polar surface area (TPSA) is 93.8 Å². The van der Waals surface area contributed by atoms with E-state index in [9.17, 15) is 14.7 Å². The van der Waals surface area contributed by atoms with Crippen LogP contribution >= 0.6 is 11.3 Å². The van der Waals surface area contributed by atoms with Gasteiger partial charge in [-0.25, -0.2) is 9.78 Å². The largest absolute Gasteiger partial charge is 0.508 e. The van der Waals surface area contributed by atoms with Gasteiger partial charge in [0.1, 0.15) is 12.4 Å². The highest BCUT2D eigenvalue weighted by molar-refractivity contribution is 7.16. The number of phenols is 1. The third-order valence-corrected chi connectivity index (χ3v) is 4.94. The zero-order chi connectivity index (χ0) is 19.7. The first-order valence-corrected chi connectivity index (χ1v) is 9.24. The van der Waals surface area contributed by atoms with Crippen LogP contribution in [-0.2, 0) is 11.3 Å². The van der Waals surface area contributed by atoms with E-state index in [1.165, 1.54) is 21.9 Å². The van der Waals surface area contributed by atoms with Crippen molar-refractivity contribution in [1.29, 1.82) is 0 Å². The van der Waals surface area contributed by atoms with Gasteiger partial charge in [0.25, 0.3) is 5.56 Å². The van der Waals surface area contributed by atoms with E-state index < -0.39 is 5.97 Å². The molecule has 2 aromatic heterocycles. The normalized spacial score (nSPS) is 10.9. The number of fused-ring (bicyclic) bond motifs is 1. The van der Waals surface area contributed by atoms with Gasteiger partial charge in [-0.2, -0.15) is 9.61 Å². The average molecular weight is 393 g/mol. The predicted octanol–water partition coefficient (Wildman–Crippen LogP) is 3.19. The maximum Gasteiger partial charge on any atom is 0.338 e. The molecule has 0 unspecified atom stereocenters. The molecule has 4 rings (SSSR count). The van der Waals surface area contributed by atoms with E-state index in [2.05, 4.69) is 10.1 Å². The Morgan fingerprint density at radius 1 is 1.11 bits per heavy atom. The van der Waals surface area contributed by atoms with Crippen molar-refractivity contribution in [2.24, 2.45) is 0 Å². The van der Waals surface area contributed by atoms with Crippen LogP contribution in [0.25, 0.3) is 16.1 Å². The number of esters is 1. The van der Waals surface area contributed by atoms with E-state index in [-0.39, 0.29) is 17.9 Å². The van der Waals surface area contributed by atoms with Crippen LogP contribution in [0, 0.1) is 6.92 Å². The highest BCUT2D eigenvalue weighted by Gasteiger charge is 2.12. The molecule has 1 N–H and O–H groups in total. The van der Waals surface area contributed by atoms with E-state index in [1.807, 2.05) is 12.1 Å². The maximum absolute atomic E-state index is 12.3. The van der Waals surface area contributed by atoms with E-state index in [0.29, 0.717) is 21.2 Å². The third-order valence-electron chi connectivity index (χ3n) is 4.06. The molecule has 28 heavy (non-hydrogen) atoms. The number of aryl methyl sites for hydroxylation is 1. The summed E-state index contributed by atoms with van der Waals surface area (Å²) in [5, 5.41) is 14.0. The van der Waals surface area contributed by atoms with E-state index >= 15 is 0 Å². The third kappa shape index (κ3) is 3.63. The number of phenolic OH excluding ortho intramolecular Hbond substituents is 1. The van der Waals surface area contributed by atoms with Gasteiger partial charge in [-0.05, 0) is 42.3 Å². The summed E-state index contributed by atoms with van der Waals surface area (Å²) in [6.45, 7) is 1.70. The summed E-state index contributed by atoms with van der Waals surface area (Å²) in [4.78, 5) is 28.9. The van der Waals surface area contributed by atoms with Crippen LogP contribution in [0.15, 0.2) is 59.4 Å². The summed E-state index contributed by atoms with van der Waals surface area (Å²) in [5.41, 5.74) is 2.62. The van der Waals surface area contributed by atoms with Crippen LogP contribution in [0.5, 0.6) is 5.75 Å². The molecule has 0 amide bonds. The molecule has 2 aromatic carbocycles. The number of aromatic nitrogens is 3. The van der Waals surface area contributed by atoms with E-state index in [1.54, 1.807) is 43.3 Å². The minimum absolute atomic E-state index is 0.0366. The Kier molecular flexibility index (Phi) is 4.62. The Bertz CT molecular complexity index is 1210. The van der Waals surface area contributed by atoms with Crippen molar-refractivity contribution in [3.8, 4) is 16.9 Å². The van der Waals surface area contributed by atoms with Crippen molar-refractivity contribution in [1.82, 2.24) is 14.6 Å². The first-order chi connectivity index (χ1) is 13.5. The van der Waals surface area contributed by atoms with Gasteiger partial charge < -0.3 is 9.84 Å². The number of rotatable bonds is 4. The fraction of sp³-hybridized carbons (Fsp3) is 0.100. The first kappa shape index (κ1) is 17.9. The zero-order valence-corrected chi connectivity index (χ0v) is 15.6. The highest BCUT2D eigenvalue weighted by atomic mass is 32.1. The average Bonchev–Trinajstić information content (AvgIpc) is 3.10. The molecular formula is C20H15N3O4S. The lowest BCUT2D eigenvalue weighted by Gasteiger charge is -2.05. The lowest BCUT2D eigenvalue weighted by atomic mass is 10.0. The van der Waals surface area contributed by atoms with Crippen LogP contribution in [0.1, 0.15) is 21.1 Å². The van der Waals surface area contributed by atoms with Gasteiger partial charge in [-0.15, -0.1) is 0 Å². The van der Waals surface area contributed by atoms with Crippen LogP contribution in [-0.4, -0.2) is 25.7 Å². The van der Waals surface area contributed by atoms with Gasteiger partial charge >= 0.3 is 5.97 Å². The Morgan fingerprint density at radius 2 is 1.75 bits per heavy atom. The number of ether oxygens (including phenoxy) is 1. The minimum atomic E-state index is -0.479. The number of hydrogen-bond acceptors (Lipinski definition) is 7. The van der Waals surface area contributed by atoms with Crippen LogP contribution in [0.4, 0.5) is 0 Å². The first-order valence-electron chi connectivity index (χ1n) is 8.42. The molecule has 0 saturated carbocycles. The molecule has 0 aliphatic rings. The molecule has 0 atom stereocenters. The number of carbonyl (C=O) groups is 1. The minimum Gasteiger partial charge on any atom is -0.508 e. The second-order valence-electron chi connectivity index (χ2n) is 6.13. The highest BCUT2D eigenvalue weighted by Crippen LogP contribution is 2.22. The molecule has 2 heterocycles. The number of carbonyl (C=O) groups excluding carboxylic acids is 1. The number of aromatic hydroxyl groups is 1. The molecule has 0 radical (unpaired) electrons. The number of hydrogen-bond donors (Lipinski definition) is 1. The van der Waals surface area contributed by atoms with Crippen molar-refractivity contribution in [2.45, 2.75) is 13.5 Å². The summed E-state index contributed by atoms with van der Waals surface area (Å²) in [6.07, 6.45) is 0. The van der Waals surface area contributed by atoms with Gasteiger partial charge in [-0.1, -0.05) is 35.6 Å². The van der Waals surface area contributed by atoms with Crippen LogP contribution < -0.4 is 5.56 Å². The molecule has 0 spiro atoms. The molecule has 0 bridgehead atoms. The fourth-order valence-corrected chi connectivity index (χ4v) is 3.54. The molecular weight excluding hydrogens is 378 g/mol. The van der Waals surface area contributed by atoms with Gasteiger partial charge in [0.2, 0.25) is 4.96 Å². The Morgan fingerprint density at radius 3 is 2.43 bits per heavy atom. The van der Waals surface area contributed by atoms with Gasteiger partial charge in [0.05, 0.1) is 5.56 Å². The summed E-state index contributed by atoms with van der Waals surface area (Å²) < 4.78 is 6.51. The Balaban J connectivity index is 1.46. The van der Waals surface area contributed by atoms with Crippen molar-refractivity contribution < 1.29 is 14.6 Å². The quantitative estimate of drug-likeness (QED) is 0.535. The van der Waals surface area contributed by atoms with Crippen molar-refractivity contribution in [3.05, 3.63) is 81.2 Å². The van der Waals surface area contributed by atoms with Gasteiger partial charge in [-0.3, -0.25) is 4.79 Å². The van der Waals surface area contributed by atoms with Gasteiger partial charge in [0, 0.05) is 11.8 Å².